The van der Waals surface area contributed by atoms with Crippen molar-refractivity contribution in [2.24, 2.45) is 0 Å². The van der Waals surface area contributed by atoms with Gasteiger partial charge in [-0.2, -0.15) is 0 Å². The number of carbonyl (C=O) groups is 1. The number of hydrogen-bond donors (Lipinski definition) is 1. The lowest BCUT2D eigenvalue weighted by Gasteiger charge is -2.27. The molecule has 1 aromatic carbocycles. The van der Waals surface area contributed by atoms with Gasteiger partial charge in [0.1, 0.15) is 0 Å². The van der Waals surface area contributed by atoms with Crippen molar-refractivity contribution in [2.75, 3.05) is 37.7 Å². The van der Waals surface area contributed by atoms with Gasteiger partial charge in [0.2, 0.25) is 5.95 Å². The van der Waals surface area contributed by atoms with Crippen LogP contribution in [0.2, 0.25) is 0 Å². The van der Waals surface area contributed by atoms with E-state index in [1.807, 2.05) is 24.3 Å². The Morgan fingerprint density at radius 1 is 1.27 bits per heavy atom. The third kappa shape index (κ3) is 3.33. The predicted molar refractivity (Wildman–Crippen MR) is 85.0 cm³/mol. The van der Waals surface area contributed by atoms with Gasteiger partial charge >= 0.3 is 5.97 Å². The van der Waals surface area contributed by atoms with E-state index in [9.17, 15) is 4.79 Å². The van der Waals surface area contributed by atoms with Crippen molar-refractivity contribution in [3.8, 4) is 0 Å². The Balaban J connectivity index is 1.91. The number of nitrogens with zero attached hydrogens (tertiary/aromatic N) is 3. The van der Waals surface area contributed by atoms with E-state index in [1.54, 1.807) is 0 Å². The lowest BCUT2D eigenvalue weighted by molar-refractivity contribution is -0.140. The number of esters is 1. The van der Waals surface area contributed by atoms with Crippen LogP contribution in [0, 0.1) is 0 Å². The Hall–Kier alpha value is -2.21. The maximum atomic E-state index is 10.9. The van der Waals surface area contributed by atoms with Crippen LogP contribution < -0.4 is 10.2 Å². The highest BCUT2D eigenvalue weighted by molar-refractivity contribution is 5.82. The zero-order chi connectivity index (χ0) is 15.4. The quantitative estimate of drug-likeness (QED) is 0.854. The zero-order valence-corrected chi connectivity index (χ0v) is 12.7. The molecule has 0 saturated carbocycles. The topological polar surface area (TPSA) is 67.3 Å². The van der Waals surface area contributed by atoms with E-state index in [1.165, 1.54) is 6.92 Å². The minimum Gasteiger partial charge on any atom is -0.465 e. The molecule has 1 saturated heterocycles. The van der Waals surface area contributed by atoms with Crippen molar-refractivity contribution >= 4 is 22.8 Å². The fourth-order valence-electron chi connectivity index (χ4n) is 2.62. The minimum absolute atomic E-state index is 0.263. The summed E-state index contributed by atoms with van der Waals surface area (Å²) in [6, 6.07) is 7.97. The van der Waals surface area contributed by atoms with Gasteiger partial charge in [0.15, 0.2) is 0 Å². The second-order valence-electron chi connectivity index (χ2n) is 5.31. The maximum Gasteiger partial charge on any atom is 0.302 e. The molecule has 2 heterocycles. The molecule has 0 unspecified atom stereocenters. The number of para-hydroxylation sites is 1. The molecule has 0 radical (unpaired) electrons. The third-order valence-electron chi connectivity index (χ3n) is 3.71. The van der Waals surface area contributed by atoms with E-state index in [0.29, 0.717) is 13.0 Å². The molecule has 22 heavy (non-hydrogen) atoms. The summed E-state index contributed by atoms with van der Waals surface area (Å²) < 4.78 is 5.06. The number of fused-ring (bicyclic) bond motifs is 1. The van der Waals surface area contributed by atoms with E-state index in [2.05, 4.69) is 15.2 Å². The molecule has 0 aliphatic carbocycles. The predicted octanol–water partition coefficient (Wildman–Crippen LogP) is 1.15. The molecule has 0 amide bonds. The minimum atomic E-state index is -0.263. The van der Waals surface area contributed by atoms with Crippen LogP contribution in [0.5, 0.6) is 0 Å². The van der Waals surface area contributed by atoms with Crippen molar-refractivity contribution in [1.82, 2.24) is 15.3 Å². The van der Waals surface area contributed by atoms with Crippen LogP contribution in [0.3, 0.4) is 0 Å². The Morgan fingerprint density at radius 3 is 2.82 bits per heavy atom. The Morgan fingerprint density at radius 2 is 2.05 bits per heavy atom. The number of hydrogen-bond acceptors (Lipinski definition) is 6. The van der Waals surface area contributed by atoms with Gasteiger partial charge < -0.3 is 15.0 Å². The molecule has 6 heteroatoms. The second-order valence-corrected chi connectivity index (χ2v) is 5.31. The van der Waals surface area contributed by atoms with Gasteiger partial charge in [-0.25, -0.2) is 9.97 Å². The molecule has 1 N–H and O–H groups in total. The summed E-state index contributed by atoms with van der Waals surface area (Å²) in [6.07, 6.45) is 0.599. The summed E-state index contributed by atoms with van der Waals surface area (Å²) in [4.78, 5) is 22.5. The largest absolute Gasteiger partial charge is 0.465 e. The summed E-state index contributed by atoms with van der Waals surface area (Å²) in [5.74, 6) is 0.499. The maximum absolute atomic E-state index is 10.9. The molecule has 0 atom stereocenters. The fourth-order valence-corrected chi connectivity index (χ4v) is 2.62. The number of ether oxygens (including phenoxy) is 1. The molecule has 116 valence electrons. The molecule has 0 spiro atoms. The summed E-state index contributed by atoms with van der Waals surface area (Å²) in [7, 11) is 0. The molecule has 1 aliphatic heterocycles. The first-order chi connectivity index (χ1) is 10.7. The molecule has 1 aromatic heterocycles. The van der Waals surface area contributed by atoms with Crippen LogP contribution in [0.4, 0.5) is 5.95 Å². The first-order valence-corrected chi connectivity index (χ1v) is 7.59. The standard InChI is InChI=1S/C16H20N4O2/c1-12(21)22-11-6-15-13-4-2-3-5-14(13)18-16(19-15)20-9-7-17-8-10-20/h2-5,17H,6-11H2,1H3. The number of carbonyl (C=O) groups excluding carboxylic acids is 1. The van der Waals surface area contributed by atoms with Crippen molar-refractivity contribution in [3.05, 3.63) is 30.0 Å². The highest BCUT2D eigenvalue weighted by Gasteiger charge is 2.16. The van der Waals surface area contributed by atoms with Gasteiger partial charge in [-0.15, -0.1) is 0 Å². The molecular weight excluding hydrogens is 280 g/mol. The lowest BCUT2D eigenvalue weighted by Crippen LogP contribution is -2.44. The van der Waals surface area contributed by atoms with Crippen LogP contribution in [-0.4, -0.2) is 48.7 Å². The van der Waals surface area contributed by atoms with E-state index in [4.69, 9.17) is 9.72 Å². The first-order valence-electron chi connectivity index (χ1n) is 7.59. The van der Waals surface area contributed by atoms with Crippen molar-refractivity contribution < 1.29 is 9.53 Å². The van der Waals surface area contributed by atoms with Gasteiger partial charge in [-0.3, -0.25) is 4.79 Å². The number of nitrogens with one attached hydrogen (secondary N) is 1. The van der Waals surface area contributed by atoms with Crippen LogP contribution in [-0.2, 0) is 16.0 Å². The van der Waals surface area contributed by atoms with Crippen molar-refractivity contribution in [3.63, 3.8) is 0 Å². The van der Waals surface area contributed by atoms with Gasteiger partial charge in [0, 0.05) is 44.9 Å². The van der Waals surface area contributed by atoms with Gasteiger partial charge in [-0.05, 0) is 6.07 Å². The monoisotopic (exact) mass is 300 g/mol. The lowest BCUT2D eigenvalue weighted by atomic mass is 10.1. The number of benzene rings is 1. The van der Waals surface area contributed by atoms with Crippen molar-refractivity contribution in [1.29, 1.82) is 0 Å². The molecule has 1 aliphatic rings. The van der Waals surface area contributed by atoms with Gasteiger partial charge in [0.25, 0.3) is 0 Å². The number of piperazine rings is 1. The van der Waals surface area contributed by atoms with Gasteiger partial charge in [-0.1, -0.05) is 18.2 Å². The second kappa shape index (κ2) is 6.70. The Labute approximate surface area is 129 Å². The summed E-state index contributed by atoms with van der Waals surface area (Å²) in [5.41, 5.74) is 1.87. The first kappa shape index (κ1) is 14.7. The molecule has 2 aromatic rings. The third-order valence-corrected chi connectivity index (χ3v) is 3.71. The Bertz CT molecular complexity index is 668. The van der Waals surface area contributed by atoms with Gasteiger partial charge in [0.05, 0.1) is 17.8 Å². The van der Waals surface area contributed by atoms with E-state index in [0.717, 1.165) is 48.7 Å². The van der Waals surface area contributed by atoms with Crippen LogP contribution in [0.15, 0.2) is 24.3 Å². The average molecular weight is 300 g/mol. The molecular formula is C16H20N4O2. The zero-order valence-electron chi connectivity index (χ0n) is 12.7. The number of rotatable bonds is 4. The average Bonchev–Trinajstić information content (AvgIpc) is 2.55. The van der Waals surface area contributed by atoms with Crippen LogP contribution >= 0.6 is 0 Å². The number of anilines is 1. The summed E-state index contributed by atoms with van der Waals surface area (Å²) >= 11 is 0. The van der Waals surface area contributed by atoms with E-state index in [-0.39, 0.29) is 5.97 Å². The van der Waals surface area contributed by atoms with Crippen molar-refractivity contribution in [2.45, 2.75) is 13.3 Å². The molecule has 6 nitrogen and oxygen atoms in total. The highest BCUT2D eigenvalue weighted by atomic mass is 16.5. The molecule has 3 rings (SSSR count). The summed E-state index contributed by atoms with van der Waals surface area (Å²) in [6.45, 7) is 5.46. The SMILES string of the molecule is CC(=O)OCCc1nc(N2CCNCC2)nc2ccccc12. The normalized spacial score (nSPS) is 15.0. The summed E-state index contributed by atoms with van der Waals surface area (Å²) in [5, 5.41) is 4.35. The Kier molecular flexibility index (Phi) is 4.48. The fraction of sp³-hybridized carbons (Fsp3) is 0.438. The molecule has 0 bridgehead atoms. The number of aromatic nitrogens is 2. The van der Waals surface area contributed by atoms with Crippen LogP contribution in [0.25, 0.3) is 10.9 Å². The smallest absolute Gasteiger partial charge is 0.302 e. The van der Waals surface area contributed by atoms with E-state index >= 15 is 0 Å². The van der Waals surface area contributed by atoms with Crippen LogP contribution in [0.1, 0.15) is 12.6 Å². The highest BCUT2D eigenvalue weighted by Crippen LogP contribution is 2.20. The van der Waals surface area contributed by atoms with E-state index < -0.39 is 0 Å². The molecule has 1 fully saturated rings.